The number of likely N-dealkylation sites (N-methyl/N-ethyl adjacent to an activating group) is 1. The first-order valence-corrected chi connectivity index (χ1v) is 7.78. The summed E-state index contributed by atoms with van der Waals surface area (Å²) in [5, 5.41) is 4.20. The lowest BCUT2D eigenvalue weighted by molar-refractivity contribution is 0.405. The predicted octanol–water partition coefficient (Wildman–Crippen LogP) is 4.37. The first-order valence-electron chi connectivity index (χ1n) is 7.40. The second-order valence-corrected chi connectivity index (χ2v) is 5.89. The van der Waals surface area contributed by atoms with Crippen molar-refractivity contribution in [2.75, 3.05) is 14.2 Å². The van der Waals surface area contributed by atoms with Crippen molar-refractivity contribution >= 4 is 11.6 Å². The molecule has 0 heterocycles. The van der Waals surface area contributed by atoms with Gasteiger partial charge in [-0.2, -0.15) is 0 Å². The first kappa shape index (κ1) is 15.4. The highest BCUT2D eigenvalue weighted by atomic mass is 35.5. The fourth-order valence-corrected chi connectivity index (χ4v) is 3.05. The van der Waals surface area contributed by atoms with E-state index < -0.39 is 0 Å². The van der Waals surface area contributed by atoms with Crippen molar-refractivity contribution in [2.24, 2.45) is 0 Å². The van der Waals surface area contributed by atoms with Gasteiger partial charge in [0.15, 0.2) is 0 Å². The van der Waals surface area contributed by atoms with Gasteiger partial charge in [-0.25, -0.2) is 0 Å². The standard InChI is InChI=1S/C17H24ClNO/c1-19-16(10-13-6-4-3-5-7-13)12-14-11-15(18)8-9-17(14)20-2/h6,8-9,11,16,19H,3-5,7,10,12H2,1-2H3. The topological polar surface area (TPSA) is 21.3 Å². The Hall–Kier alpha value is -0.990. The molecule has 0 aromatic heterocycles. The van der Waals surface area contributed by atoms with Crippen molar-refractivity contribution in [2.45, 2.75) is 44.6 Å². The summed E-state index contributed by atoms with van der Waals surface area (Å²) in [7, 11) is 3.75. The van der Waals surface area contributed by atoms with E-state index in [1.807, 2.05) is 25.2 Å². The van der Waals surface area contributed by atoms with Crippen LogP contribution in [0.3, 0.4) is 0 Å². The number of hydrogen-bond donors (Lipinski definition) is 1. The zero-order valence-electron chi connectivity index (χ0n) is 12.4. The van der Waals surface area contributed by atoms with Crippen molar-refractivity contribution in [3.05, 3.63) is 40.4 Å². The second-order valence-electron chi connectivity index (χ2n) is 5.46. The van der Waals surface area contributed by atoms with Crippen molar-refractivity contribution in [1.29, 1.82) is 0 Å². The first-order chi connectivity index (χ1) is 9.72. The summed E-state index contributed by atoms with van der Waals surface area (Å²) in [6.45, 7) is 0. The van der Waals surface area contributed by atoms with Crippen LogP contribution in [0.1, 0.15) is 37.7 Å². The molecule has 1 unspecified atom stereocenters. The van der Waals surface area contributed by atoms with Gasteiger partial charge < -0.3 is 10.1 Å². The van der Waals surface area contributed by atoms with Gasteiger partial charge in [0.1, 0.15) is 5.75 Å². The molecule has 1 atom stereocenters. The van der Waals surface area contributed by atoms with Gasteiger partial charge in [0, 0.05) is 11.1 Å². The van der Waals surface area contributed by atoms with Crippen molar-refractivity contribution < 1.29 is 4.74 Å². The fraction of sp³-hybridized carbons (Fsp3) is 0.529. The minimum Gasteiger partial charge on any atom is -0.496 e. The van der Waals surface area contributed by atoms with E-state index in [0.717, 1.165) is 23.6 Å². The lowest BCUT2D eigenvalue weighted by Crippen LogP contribution is -2.28. The lowest BCUT2D eigenvalue weighted by Gasteiger charge is -2.21. The van der Waals surface area contributed by atoms with Crippen molar-refractivity contribution in [1.82, 2.24) is 5.32 Å². The van der Waals surface area contributed by atoms with Gasteiger partial charge in [-0.15, -0.1) is 0 Å². The van der Waals surface area contributed by atoms with Crippen LogP contribution in [0.5, 0.6) is 5.75 Å². The van der Waals surface area contributed by atoms with Gasteiger partial charge in [-0.05, 0) is 69.3 Å². The number of rotatable bonds is 6. The number of halogens is 1. The Morgan fingerprint density at radius 2 is 2.15 bits per heavy atom. The third kappa shape index (κ3) is 4.26. The third-order valence-electron chi connectivity index (χ3n) is 4.01. The highest BCUT2D eigenvalue weighted by molar-refractivity contribution is 6.30. The molecule has 0 aliphatic heterocycles. The smallest absolute Gasteiger partial charge is 0.122 e. The van der Waals surface area contributed by atoms with Crippen LogP contribution >= 0.6 is 11.6 Å². The van der Waals surface area contributed by atoms with E-state index in [9.17, 15) is 0 Å². The van der Waals surface area contributed by atoms with Crippen LogP contribution in [0.2, 0.25) is 5.02 Å². The van der Waals surface area contributed by atoms with E-state index in [2.05, 4.69) is 11.4 Å². The van der Waals surface area contributed by atoms with Gasteiger partial charge >= 0.3 is 0 Å². The molecule has 20 heavy (non-hydrogen) atoms. The largest absolute Gasteiger partial charge is 0.496 e. The Bertz CT molecular complexity index is 470. The SMILES string of the molecule is CNC(CC1=CCCCC1)Cc1cc(Cl)ccc1OC. The molecule has 1 aromatic carbocycles. The molecule has 110 valence electrons. The molecule has 1 aliphatic carbocycles. The number of benzene rings is 1. The second kappa shape index (κ2) is 7.70. The van der Waals surface area contributed by atoms with Crippen LogP contribution in [0, 0.1) is 0 Å². The maximum absolute atomic E-state index is 6.10. The molecule has 0 fully saturated rings. The molecule has 0 saturated carbocycles. The highest BCUT2D eigenvalue weighted by Gasteiger charge is 2.14. The molecule has 0 spiro atoms. The zero-order chi connectivity index (χ0) is 14.4. The van der Waals surface area contributed by atoms with Crippen LogP contribution in [0.15, 0.2) is 29.8 Å². The van der Waals surface area contributed by atoms with Gasteiger partial charge in [0.05, 0.1) is 7.11 Å². The summed E-state index contributed by atoms with van der Waals surface area (Å²) >= 11 is 6.10. The average molecular weight is 294 g/mol. The third-order valence-corrected chi connectivity index (χ3v) is 4.25. The van der Waals surface area contributed by atoms with E-state index >= 15 is 0 Å². The maximum atomic E-state index is 6.10. The molecule has 1 N–H and O–H groups in total. The van der Waals surface area contributed by atoms with Crippen LogP contribution in [-0.4, -0.2) is 20.2 Å². The van der Waals surface area contributed by atoms with Gasteiger partial charge in [-0.3, -0.25) is 0 Å². The molecule has 1 aliphatic rings. The number of hydrogen-bond acceptors (Lipinski definition) is 2. The summed E-state index contributed by atoms with van der Waals surface area (Å²) in [5.74, 6) is 0.923. The highest BCUT2D eigenvalue weighted by Crippen LogP contribution is 2.27. The van der Waals surface area contributed by atoms with Crippen LogP contribution in [0.25, 0.3) is 0 Å². The van der Waals surface area contributed by atoms with Gasteiger partial charge in [-0.1, -0.05) is 23.3 Å². The quantitative estimate of drug-likeness (QED) is 0.787. The summed E-state index contributed by atoms with van der Waals surface area (Å²) in [4.78, 5) is 0. The number of methoxy groups -OCH3 is 1. The molecule has 0 saturated heterocycles. The van der Waals surface area contributed by atoms with E-state index in [0.29, 0.717) is 6.04 Å². The monoisotopic (exact) mass is 293 g/mol. The summed E-state index contributed by atoms with van der Waals surface area (Å²) in [5.41, 5.74) is 2.77. The van der Waals surface area contributed by atoms with Gasteiger partial charge in [0.25, 0.3) is 0 Å². The number of ether oxygens (including phenoxy) is 1. The minimum absolute atomic E-state index is 0.437. The van der Waals surface area contributed by atoms with E-state index in [1.54, 1.807) is 12.7 Å². The molecule has 0 amide bonds. The van der Waals surface area contributed by atoms with Crippen LogP contribution < -0.4 is 10.1 Å². The Morgan fingerprint density at radius 1 is 1.30 bits per heavy atom. The molecular formula is C17H24ClNO. The molecular weight excluding hydrogens is 270 g/mol. The van der Waals surface area contributed by atoms with Gasteiger partial charge in [0.2, 0.25) is 0 Å². The lowest BCUT2D eigenvalue weighted by atomic mass is 9.92. The number of nitrogens with one attached hydrogen (secondary N) is 1. The number of allylic oxidation sites excluding steroid dienone is 1. The average Bonchev–Trinajstić information content (AvgIpc) is 2.48. The summed E-state index contributed by atoms with van der Waals surface area (Å²) < 4.78 is 5.43. The molecule has 0 radical (unpaired) electrons. The fourth-order valence-electron chi connectivity index (χ4n) is 2.85. The van der Waals surface area contributed by atoms with Crippen molar-refractivity contribution in [3.63, 3.8) is 0 Å². The zero-order valence-corrected chi connectivity index (χ0v) is 13.2. The predicted molar refractivity (Wildman–Crippen MR) is 85.7 cm³/mol. The molecule has 3 heteroatoms. The van der Waals surface area contributed by atoms with Crippen molar-refractivity contribution in [3.8, 4) is 5.75 Å². The maximum Gasteiger partial charge on any atom is 0.122 e. The normalized spacial score (nSPS) is 16.6. The Labute approximate surface area is 127 Å². The Kier molecular flexibility index (Phi) is 5.93. The van der Waals surface area contributed by atoms with Crippen LogP contribution in [0.4, 0.5) is 0 Å². The van der Waals surface area contributed by atoms with Crippen LogP contribution in [-0.2, 0) is 6.42 Å². The van der Waals surface area contributed by atoms with E-state index in [-0.39, 0.29) is 0 Å². The minimum atomic E-state index is 0.437. The Morgan fingerprint density at radius 3 is 2.80 bits per heavy atom. The molecule has 0 bridgehead atoms. The van der Waals surface area contributed by atoms with E-state index in [4.69, 9.17) is 16.3 Å². The van der Waals surface area contributed by atoms with E-state index in [1.165, 1.54) is 31.2 Å². The molecule has 2 rings (SSSR count). The Balaban J connectivity index is 2.05. The molecule has 1 aromatic rings. The summed E-state index contributed by atoms with van der Waals surface area (Å²) in [6, 6.07) is 6.28. The summed E-state index contributed by atoms with van der Waals surface area (Å²) in [6.07, 6.45) is 9.66. The molecule has 2 nitrogen and oxygen atoms in total.